The first-order valence-corrected chi connectivity index (χ1v) is 13.0. The maximum absolute atomic E-state index is 13.8. The van der Waals surface area contributed by atoms with Crippen LogP contribution in [-0.2, 0) is 19.4 Å². The number of imidazole rings is 1. The Kier molecular flexibility index (Phi) is 9.51. The average Bonchev–Trinajstić information content (AvgIpc) is 3.29. The highest BCUT2D eigenvalue weighted by molar-refractivity contribution is 5.94. The summed E-state index contributed by atoms with van der Waals surface area (Å²) < 4.78 is 27.6. The van der Waals surface area contributed by atoms with Gasteiger partial charge in [-0.1, -0.05) is 36.4 Å². The molecule has 0 saturated heterocycles. The molecule has 0 spiro atoms. The highest BCUT2D eigenvalue weighted by Gasteiger charge is 2.13. The summed E-state index contributed by atoms with van der Waals surface area (Å²) in [6.07, 6.45) is 5.86. The lowest BCUT2D eigenvalue weighted by atomic mass is 10.1. The Morgan fingerprint density at radius 3 is 2.68 bits per heavy atom. The second-order valence-corrected chi connectivity index (χ2v) is 9.04. The van der Waals surface area contributed by atoms with E-state index in [4.69, 9.17) is 14.5 Å². The van der Waals surface area contributed by atoms with Crippen LogP contribution in [0, 0.1) is 5.82 Å². The predicted octanol–water partition coefficient (Wildman–Crippen LogP) is 6.13. The van der Waals surface area contributed by atoms with Gasteiger partial charge in [-0.25, -0.2) is 9.37 Å². The summed E-state index contributed by atoms with van der Waals surface area (Å²) >= 11 is 0. The molecule has 38 heavy (non-hydrogen) atoms. The Morgan fingerprint density at radius 1 is 1.05 bits per heavy atom. The van der Waals surface area contributed by atoms with E-state index in [1.54, 1.807) is 19.2 Å². The van der Waals surface area contributed by atoms with Crippen molar-refractivity contribution < 1.29 is 18.7 Å². The third-order valence-corrected chi connectivity index (χ3v) is 6.36. The Bertz CT molecular complexity index is 1380. The second kappa shape index (κ2) is 13.4. The van der Waals surface area contributed by atoms with Gasteiger partial charge in [-0.3, -0.25) is 4.79 Å². The van der Waals surface area contributed by atoms with E-state index in [9.17, 15) is 9.18 Å². The van der Waals surface area contributed by atoms with Gasteiger partial charge in [0.15, 0.2) is 11.5 Å². The number of nitrogens with one attached hydrogen (secondary N) is 1. The lowest BCUT2D eigenvalue weighted by molar-refractivity contribution is 0.0949. The van der Waals surface area contributed by atoms with E-state index in [1.807, 2.05) is 42.5 Å². The number of para-hydroxylation sites is 2. The van der Waals surface area contributed by atoms with E-state index >= 15 is 0 Å². The van der Waals surface area contributed by atoms with Gasteiger partial charge in [-0.05, 0) is 67.6 Å². The van der Waals surface area contributed by atoms with Crippen LogP contribution in [0.1, 0.15) is 41.0 Å². The Morgan fingerprint density at radius 2 is 1.87 bits per heavy atom. The zero-order valence-corrected chi connectivity index (χ0v) is 21.8. The molecule has 7 heteroatoms. The number of amides is 1. The van der Waals surface area contributed by atoms with E-state index in [0.717, 1.165) is 59.7 Å². The van der Waals surface area contributed by atoms with Gasteiger partial charge < -0.3 is 19.4 Å². The number of carbonyl (C=O) groups excluding carboxylic acids is 1. The number of benzene rings is 3. The van der Waals surface area contributed by atoms with Crippen molar-refractivity contribution in [3.8, 4) is 11.5 Å². The van der Waals surface area contributed by atoms with Crippen LogP contribution < -0.4 is 14.8 Å². The fourth-order valence-corrected chi connectivity index (χ4v) is 4.43. The molecule has 0 fully saturated rings. The van der Waals surface area contributed by atoms with Crippen molar-refractivity contribution in [3.63, 3.8) is 0 Å². The molecule has 0 aliphatic rings. The largest absolute Gasteiger partial charge is 0.493 e. The summed E-state index contributed by atoms with van der Waals surface area (Å²) in [5.74, 6) is 1.54. The van der Waals surface area contributed by atoms with Crippen LogP contribution in [0.15, 0.2) is 79.4 Å². The van der Waals surface area contributed by atoms with Gasteiger partial charge >= 0.3 is 0 Å². The van der Waals surface area contributed by atoms with Gasteiger partial charge in [-0.15, -0.1) is 6.58 Å². The van der Waals surface area contributed by atoms with Crippen LogP contribution >= 0.6 is 0 Å². The highest BCUT2D eigenvalue weighted by atomic mass is 19.1. The van der Waals surface area contributed by atoms with Crippen LogP contribution in [-0.4, -0.2) is 35.7 Å². The smallest absolute Gasteiger partial charge is 0.254 e. The third-order valence-electron chi connectivity index (χ3n) is 6.36. The maximum Gasteiger partial charge on any atom is 0.254 e. The summed E-state index contributed by atoms with van der Waals surface area (Å²) in [5, 5.41) is 2.81. The monoisotopic (exact) mass is 515 g/mol. The summed E-state index contributed by atoms with van der Waals surface area (Å²) in [4.78, 5) is 17.1. The number of aromatic nitrogens is 2. The SMILES string of the molecule is C=CCc1ccc(OCCCCn2c(CCCNC(=O)c3ccccc3F)nc3ccccc32)c(OC)c1. The minimum Gasteiger partial charge on any atom is -0.493 e. The quantitative estimate of drug-likeness (QED) is 0.162. The molecule has 198 valence electrons. The van der Waals surface area contributed by atoms with Crippen LogP contribution in [0.3, 0.4) is 0 Å². The van der Waals surface area contributed by atoms with Crippen molar-refractivity contribution in [2.24, 2.45) is 0 Å². The average molecular weight is 516 g/mol. The number of unbranched alkanes of at least 4 members (excludes halogenated alkanes) is 1. The molecule has 3 aromatic carbocycles. The molecular weight excluding hydrogens is 481 g/mol. The number of aryl methyl sites for hydroxylation is 2. The molecule has 0 bridgehead atoms. The van der Waals surface area contributed by atoms with Crippen molar-refractivity contribution in [2.75, 3.05) is 20.3 Å². The number of rotatable bonds is 14. The lowest BCUT2D eigenvalue weighted by Crippen LogP contribution is -2.25. The van der Waals surface area contributed by atoms with Crippen molar-refractivity contribution in [2.45, 2.75) is 38.6 Å². The number of nitrogens with zero attached hydrogens (tertiary/aromatic N) is 2. The first kappa shape index (κ1) is 26.9. The topological polar surface area (TPSA) is 65.4 Å². The fourth-order valence-electron chi connectivity index (χ4n) is 4.43. The maximum atomic E-state index is 13.8. The molecule has 0 atom stereocenters. The number of allylic oxidation sites excluding steroid dienone is 1. The first-order chi connectivity index (χ1) is 18.6. The van der Waals surface area contributed by atoms with E-state index in [1.165, 1.54) is 12.1 Å². The van der Waals surface area contributed by atoms with Gasteiger partial charge in [0, 0.05) is 19.5 Å². The molecule has 4 aromatic rings. The summed E-state index contributed by atoms with van der Waals surface area (Å²) in [6.45, 7) is 5.63. The van der Waals surface area contributed by atoms with Gasteiger partial charge in [-0.2, -0.15) is 0 Å². The molecule has 0 radical (unpaired) electrons. The van der Waals surface area contributed by atoms with Gasteiger partial charge in [0.25, 0.3) is 5.91 Å². The minimum absolute atomic E-state index is 0.0623. The summed E-state index contributed by atoms with van der Waals surface area (Å²) in [5.41, 5.74) is 3.25. The molecule has 4 rings (SSSR count). The molecule has 1 heterocycles. The van der Waals surface area contributed by atoms with Crippen molar-refractivity contribution >= 4 is 16.9 Å². The highest BCUT2D eigenvalue weighted by Crippen LogP contribution is 2.28. The molecule has 1 amide bonds. The lowest BCUT2D eigenvalue weighted by Gasteiger charge is -2.13. The molecule has 6 nitrogen and oxygen atoms in total. The Balaban J connectivity index is 1.30. The molecule has 0 aliphatic carbocycles. The number of methoxy groups -OCH3 is 1. The number of carbonyl (C=O) groups is 1. The number of fused-ring (bicyclic) bond motifs is 1. The molecule has 0 unspecified atom stereocenters. The van der Waals surface area contributed by atoms with Gasteiger partial charge in [0.05, 0.1) is 30.3 Å². The standard InChI is InChI=1S/C31H34FN3O3/c1-3-11-23-17-18-28(29(22-23)37-2)38-21-9-8-20-35-27-15-7-6-14-26(27)34-30(35)16-10-19-33-31(36)24-12-4-5-13-25(24)32/h3-7,12-15,17-18,22H,1,8-11,16,19-21H2,2H3,(H,33,36). The van der Waals surface area contributed by atoms with E-state index in [-0.39, 0.29) is 5.56 Å². The van der Waals surface area contributed by atoms with Crippen molar-refractivity contribution in [3.05, 3.63) is 102 Å². The Labute approximate surface area is 223 Å². The summed E-state index contributed by atoms with van der Waals surface area (Å²) in [7, 11) is 1.65. The minimum atomic E-state index is -0.515. The van der Waals surface area contributed by atoms with E-state index in [2.05, 4.69) is 22.5 Å². The van der Waals surface area contributed by atoms with Crippen molar-refractivity contribution in [1.29, 1.82) is 0 Å². The third kappa shape index (κ3) is 6.79. The second-order valence-electron chi connectivity index (χ2n) is 9.04. The fraction of sp³-hybridized carbons (Fsp3) is 0.290. The van der Waals surface area contributed by atoms with E-state index in [0.29, 0.717) is 26.0 Å². The van der Waals surface area contributed by atoms with Crippen LogP contribution in [0.4, 0.5) is 4.39 Å². The molecule has 0 aliphatic heterocycles. The van der Waals surface area contributed by atoms with E-state index < -0.39 is 11.7 Å². The molecule has 0 saturated carbocycles. The number of hydrogen-bond acceptors (Lipinski definition) is 4. The normalized spacial score (nSPS) is 10.9. The molecule has 1 aromatic heterocycles. The van der Waals surface area contributed by atoms with Crippen molar-refractivity contribution in [1.82, 2.24) is 14.9 Å². The van der Waals surface area contributed by atoms with Crippen LogP contribution in [0.25, 0.3) is 11.0 Å². The Hall–Kier alpha value is -4.13. The zero-order valence-electron chi connectivity index (χ0n) is 21.8. The van der Waals surface area contributed by atoms with Gasteiger partial charge in [0.2, 0.25) is 0 Å². The number of halogens is 1. The predicted molar refractivity (Wildman–Crippen MR) is 148 cm³/mol. The molecular formula is C31H34FN3O3. The number of hydrogen-bond donors (Lipinski definition) is 1. The van der Waals surface area contributed by atoms with Gasteiger partial charge in [0.1, 0.15) is 11.6 Å². The van der Waals surface area contributed by atoms with Crippen LogP contribution in [0.5, 0.6) is 11.5 Å². The summed E-state index contributed by atoms with van der Waals surface area (Å²) in [6, 6.07) is 20.1. The zero-order chi connectivity index (χ0) is 26.7. The first-order valence-electron chi connectivity index (χ1n) is 13.0. The number of ether oxygens (including phenoxy) is 2. The van der Waals surface area contributed by atoms with Crippen LogP contribution in [0.2, 0.25) is 0 Å². The molecule has 1 N–H and O–H groups in total.